The molecule has 104 valence electrons. The number of benzene rings is 1. The highest BCUT2D eigenvalue weighted by molar-refractivity contribution is 7.91. The lowest BCUT2D eigenvalue weighted by Crippen LogP contribution is -2.09. The van der Waals surface area contributed by atoms with Crippen LogP contribution in [0.15, 0.2) is 53.7 Å². The third kappa shape index (κ3) is 3.39. The van der Waals surface area contributed by atoms with Gasteiger partial charge in [0.05, 0.1) is 15.6 Å². The summed E-state index contributed by atoms with van der Waals surface area (Å²) in [7, 11) is -3.44. The molecule has 7 heteroatoms. The molecule has 2 aromatic rings. The molecule has 0 saturated carbocycles. The lowest BCUT2D eigenvalue weighted by molar-refractivity contribution is -0.384. The number of nitro groups is 1. The van der Waals surface area contributed by atoms with Crippen LogP contribution in [0.25, 0.3) is 0 Å². The van der Waals surface area contributed by atoms with E-state index in [4.69, 9.17) is 0 Å². The van der Waals surface area contributed by atoms with Gasteiger partial charge in [0.2, 0.25) is 0 Å². The van der Waals surface area contributed by atoms with E-state index < -0.39 is 14.8 Å². The Morgan fingerprint density at radius 1 is 1.05 bits per heavy atom. The van der Waals surface area contributed by atoms with Gasteiger partial charge in [-0.3, -0.25) is 15.1 Å². The fourth-order valence-electron chi connectivity index (χ4n) is 1.69. The van der Waals surface area contributed by atoms with Crippen LogP contribution in [0.3, 0.4) is 0 Å². The van der Waals surface area contributed by atoms with Gasteiger partial charge in [-0.2, -0.15) is 0 Å². The van der Waals surface area contributed by atoms with Gasteiger partial charge in [-0.05, 0) is 36.2 Å². The monoisotopic (exact) mass is 292 g/mol. The summed E-state index contributed by atoms with van der Waals surface area (Å²) < 4.78 is 24.2. The maximum absolute atomic E-state index is 12.1. The summed E-state index contributed by atoms with van der Waals surface area (Å²) in [5.41, 5.74) is 0.753. The van der Waals surface area contributed by atoms with E-state index in [2.05, 4.69) is 4.98 Å². The zero-order chi connectivity index (χ0) is 14.6. The number of rotatable bonds is 5. The highest BCUT2D eigenvalue weighted by atomic mass is 32.2. The summed E-state index contributed by atoms with van der Waals surface area (Å²) in [6.07, 6.45) is 3.59. The quantitative estimate of drug-likeness (QED) is 0.621. The summed E-state index contributed by atoms with van der Waals surface area (Å²) in [5, 5.41) is 10.5. The standard InChI is InChI=1S/C13H12N2O4S/c16-15(17)12-1-3-13(4-2-12)20(18,19)10-7-11-5-8-14-9-6-11/h1-6,8-9H,7,10H2. The number of sulfone groups is 1. The van der Waals surface area contributed by atoms with Crippen molar-refractivity contribution in [3.63, 3.8) is 0 Å². The van der Waals surface area contributed by atoms with Crippen molar-refractivity contribution in [1.82, 2.24) is 4.98 Å². The van der Waals surface area contributed by atoms with E-state index >= 15 is 0 Å². The molecule has 0 amide bonds. The third-order valence-corrected chi connectivity index (χ3v) is 4.55. The molecule has 0 aliphatic heterocycles. The van der Waals surface area contributed by atoms with Crippen molar-refractivity contribution in [1.29, 1.82) is 0 Å². The summed E-state index contributed by atoms with van der Waals surface area (Å²) in [6, 6.07) is 8.43. The number of hydrogen-bond acceptors (Lipinski definition) is 5. The lowest BCUT2D eigenvalue weighted by Gasteiger charge is -2.04. The Labute approximate surface area is 116 Å². The number of non-ortho nitro benzene ring substituents is 1. The minimum absolute atomic E-state index is 0.0468. The first-order chi connectivity index (χ1) is 9.49. The van der Waals surface area contributed by atoms with Crippen LogP contribution in [-0.4, -0.2) is 24.1 Å². The number of aryl methyl sites for hydroxylation is 1. The summed E-state index contributed by atoms with van der Waals surface area (Å²) in [5.74, 6) is -0.0468. The minimum atomic E-state index is -3.44. The Morgan fingerprint density at radius 3 is 2.20 bits per heavy atom. The fourth-order valence-corrected chi connectivity index (χ4v) is 2.99. The highest BCUT2D eigenvalue weighted by Gasteiger charge is 2.16. The number of hydrogen-bond donors (Lipinski definition) is 0. The SMILES string of the molecule is O=[N+]([O-])c1ccc(S(=O)(=O)CCc2ccncc2)cc1. The van der Waals surface area contributed by atoms with Gasteiger partial charge >= 0.3 is 0 Å². The molecule has 0 aliphatic rings. The maximum atomic E-state index is 12.1. The first-order valence-electron chi connectivity index (χ1n) is 5.85. The molecule has 6 nitrogen and oxygen atoms in total. The first-order valence-corrected chi connectivity index (χ1v) is 7.50. The Morgan fingerprint density at radius 2 is 1.65 bits per heavy atom. The van der Waals surface area contributed by atoms with Crippen LogP contribution in [0.1, 0.15) is 5.56 Å². The molecular weight excluding hydrogens is 280 g/mol. The Balaban J connectivity index is 2.12. The molecule has 0 fully saturated rings. The van der Waals surface area contributed by atoms with Crippen LogP contribution in [-0.2, 0) is 16.3 Å². The van der Waals surface area contributed by atoms with Gasteiger partial charge in [-0.15, -0.1) is 0 Å². The summed E-state index contributed by atoms with van der Waals surface area (Å²) >= 11 is 0. The molecule has 0 saturated heterocycles. The molecule has 0 spiro atoms. The number of nitrogens with zero attached hydrogens (tertiary/aromatic N) is 2. The summed E-state index contributed by atoms with van der Waals surface area (Å²) in [4.78, 5) is 13.9. The Bertz CT molecular complexity index is 697. The van der Waals surface area contributed by atoms with Gasteiger partial charge in [-0.1, -0.05) is 0 Å². The van der Waals surface area contributed by atoms with E-state index in [0.29, 0.717) is 6.42 Å². The molecule has 1 aromatic carbocycles. The van der Waals surface area contributed by atoms with E-state index in [9.17, 15) is 18.5 Å². The zero-order valence-electron chi connectivity index (χ0n) is 10.5. The van der Waals surface area contributed by atoms with Crippen LogP contribution in [0, 0.1) is 10.1 Å². The van der Waals surface area contributed by atoms with Crippen molar-refractivity contribution in [3.05, 3.63) is 64.5 Å². The number of pyridine rings is 1. The third-order valence-electron chi connectivity index (χ3n) is 2.82. The predicted octanol–water partition coefficient (Wildman–Crippen LogP) is 2.01. The normalized spacial score (nSPS) is 11.2. The van der Waals surface area contributed by atoms with Crippen LogP contribution in [0.5, 0.6) is 0 Å². The molecule has 0 aliphatic carbocycles. The molecule has 0 N–H and O–H groups in total. The number of aromatic nitrogens is 1. The summed E-state index contributed by atoms with van der Waals surface area (Å²) in [6.45, 7) is 0. The van der Waals surface area contributed by atoms with Crippen molar-refractivity contribution < 1.29 is 13.3 Å². The van der Waals surface area contributed by atoms with Crippen molar-refractivity contribution in [2.45, 2.75) is 11.3 Å². The Kier molecular flexibility index (Phi) is 4.09. The minimum Gasteiger partial charge on any atom is -0.265 e. The van der Waals surface area contributed by atoms with E-state index in [1.54, 1.807) is 24.5 Å². The molecular formula is C13H12N2O4S. The molecule has 2 rings (SSSR count). The zero-order valence-corrected chi connectivity index (χ0v) is 11.3. The Hall–Kier alpha value is -2.28. The van der Waals surface area contributed by atoms with E-state index in [1.807, 2.05) is 0 Å². The molecule has 0 unspecified atom stereocenters. The van der Waals surface area contributed by atoms with Crippen molar-refractivity contribution in [2.75, 3.05) is 5.75 Å². The van der Waals surface area contributed by atoms with Gasteiger partial charge < -0.3 is 0 Å². The number of nitro benzene ring substituents is 1. The topological polar surface area (TPSA) is 90.2 Å². The van der Waals surface area contributed by atoms with Gasteiger partial charge in [0.25, 0.3) is 5.69 Å². The van der Waals surface area contributed by atoms with E-state index in [0.717, 1.165) is 5.56 Å². The van der Waals surface area contributed by atoms with Gasteiger partial charge in [0.1, 0.15) is 0 Å². The van der Waals surface area contributed by atoms with Crippen molar-refractivity contribution >= 4 is 15.5 Å². The highest BCUT2D eigenvalue weighted by Crippen LogP contribution is 2.17. The molecule has 0 atom stereocenters. The van der Waals surface area contributed by atoms with Gasteiger partial charge in [0.15, 0.2) is 9.84 Å². The molecule has 20 heavy (non-hydrogen) atoms. The molecule has 1 aromatic heterocycles. The van der Waals surface area contributed by atoms with Crippen LogP contribution >= 0.6 is 0 Å². The lowest BCUT2D eigenvalue weighted by atomic mass is 10.2. The molecule has 0 bridgehead atoms. The van der Waals surface area contributed by atoms with E-state index in [1.165, 1.54) is 24.3 Å². The smallest absolute Gasteiger partial charge is 0.265 e. The second-order valence-electron chi connectivity index (χ2n) is 4.18. The van der Waals surface area contributed by atoms with Crippen molar-refractivity contribution in [2.24, 2.45) is 0 Å². The first kappa shape index (κ1) is 14.1. The van der Waals surface area contributed by atoms with Crippen LogP contribution in [0.2, 0.25) is 0 Å². The average Bonchev–Trinajstić information content (AvgIpc) is 2.46. The second kappa shape index (κ2) is 5.79. The molecule has 0 radical (unpaired) electrons. The maximum Gasteiger partial charge on any atom is 0.269 e. The molecule has 1 heterocycles. The average molecular weight is 292 g/mol. The fraction of sp³-hybridized carbons (Fsp3) is 0.154. The largest absolute Gasteiger partial charge is 0.269 e. The van der Waals surface area contributed by atoms with Gasteiger partial charge in [0, 0.05) is 24.5 Å². The van der Waals surface area contributed by atoms with Gasteiger partial charge in [-0.25, -0.2) is 8.42 Å². The van der Waals surface area contributed by atoms with Crippen LogP contribution in [0.4, 0.5) is 5.69 Å². The second-order valence-corrected chi connectivity index (χ2v) is 6.28. The van der Waals surface area contributed by atoms with Crippen LogP contribution < -0.4 is 0 Å². The van der Waals surface area contributed by atoms with Crippen molar-refractivity contribution in [3.8, 4) is 0 Å². The predicted molar refractivity (Wildman–Crippen MR) is 73.1 cm³/mol. The van der Waals surface area contributed by atoms with E-state index in [-0.39, 0.29) is 16.3 Å².